The molecule has 1 amide bonds. The van der Waals surface area contributed by atoms with Crippen LogP contribution in [0.25, 0.3) is 0 Å². The average Bonchev–Trinajstić information content (AvgIpc) is 2.36. The third-order valence-corrected chi connectivity index (χ3v) is 3.33. The molecular weight excluding hydrogens is 254 g/mol. The molecule has 1 fully saturated rings. The molecular formula is C13H16ClNO3. The highest BCUT2D eigenvalue weighted by Crippen LogP contribution is 2.31. The minimum atomic E-state index is -0.206. The zero-order valence-corrected chi connectivity index (χ0v) is 10.7. The first-order chi connectivity index (χ1) is 8.69. The van der Waals surface area contributed by atoms with Crippen molar-refractivity contribution in [2.45, 2.75) is 37.9 Å². The Morgan fingerprint density at radius 1 is 1.33 bits per heavy atom. The molecule has 2 N–H and O–H groups in total. The number of carbonyl (C=O) groups excluding carboxylic acids is 1. The first kappa shape index (κ1) is 13.2. The van der Waals surface area contributed by atoms with Crippen molar-refractivity contribution in [1.82, 2.24) is 0 Å². The molecule has 1 aromatic carbocycles. The van der Waals surface area contributed by atoms with Crippen LogP contribution in [0, 0.1) is 0 Å². The highest BCUT2D eigenvalue weighted by Gasteiger charge is 2.21. The number of hydrogen-bond acceptors (Lipinski definition) is 3. The van der Waals surface area contributed by atoms with Crippen LogP contribution in [0.3, 0.4) is 0 Å². The second kappa shape index (κ2) is 6.07. The molecule has 98 valence electrons. The Kier molecular flexibility index (Phi) is 4.44. The van der Waals surface area contributed by atoms with Crippen LogP contribution in [-0.4, -0.2) is 23.7 Å². The largest absolute Gasteiger partial charge is 0.488 e. The van der Waals surface area contributed by atoms with E-state index in [0.29, 0.717) is 22.9 Å². The van der Waals surface area contributed by atoms with Crippen molar-refractivity contribution in [1.29, 1.82) is 0 Å². The number of benzene rings is 1. The second-order valence-corrected chi connectivity index (χ2v) is 4.89. The fourth-order valence-electron chi connectivity index (χ4n) is 2.12. The van der Waals surface area contributed by atoms with E-state index in [1.807, 2.05) is 0 Å². The van der Waals surface area contributed by atoms with Gasteiger partial charge in [-0.15, -0.1) is 0 Å². The highest BCUT2D eigenvalue weighted by molar-refractivity contribution is 6.31. The van der Waals surface area contributed by atoms with Gasteiger partial charge in [-0.2, -0.15) is 0 Å². The van der Waals surface area contributed by atoms with Gasteiger partial charge in [-0.3, -0.25) is 4.79 Å². The van der Waals surface area contributed by atoms with Crippen molar-refractivity contribution in [2.75, 3.05) is 5.32 Å². The van der Waals surface area contributed by atoms with Gasteiger partial charge >= 0.3 is 0 Å². The number of aliphatic hydroxyl groups excluding tert-OH is 1. The summed E-state index contributed by atoms with van der Waals surface area (Å²) in [6, 6.07) is 5.13. The Hall–Kier alpha value is -1.26. The van der Waals surface area contributed by atoms with E-state index >= 15 is 0 Å². The van der Waals surface area contributed by atoms with Gasteiger partial charge in [0.1, 0.15) is 5.75 Å². The fourth-order valence-corrected chi connectivity index (χ4v) is 2.30. The predicted molar refractivity (Wildman–Crippen MR) is 70.0 cm³/mol. The maximum absolute atomic E-state index is 10.5. The third-order valence-electron chi connectivity index (χ3n) is 3.09. The summed E-state index contributed by atoms with van der Waals surface area (Å²) in [5.74, 6) is 0.618. The van der Waals surface area contributed by atoms with Gasteiger partial charge in [0.25, 0.3) is 0 Å². The molecule has 4 nitrogen and oxygen atoms in total. The molecule has 0 atom stereocenters. The molecule has 2 rings (SSSR count). The SMILES string of the molecule is O=CNc1cc(Cl)ccc1O[C@H]1CC[C@H](O)CC1. The minimum Gasteiger partial charge on any atom is -0.488 e. The summed E-state index contributed by atoms with van der Waals surface area (Å²) in [6.07, 6.45) is 3.64. The average molecular weight is 270 g/mol. The van der Waals surface area contributed by atoms with E-state index in [1.165, 1.54) is 0 Å². The van der Waals surface area contributed by atoms with Crippen LogP contribution in [0.15, 0.2) is 18.2 Å². The van der Waals surface area contributed by atoms with Crippen LogP contribution in [0.5, 0.6) is 5.75 Å². The third kappa shape index (κ3) is 3.37. The Morgan fingerprint density at radius 2 is 2.06 bits per heavy atom. The summed E-state index contributed by atoms with van der Waals surface area (Å²) < 4.78 is 5.85. The van der Waals surface area contributed by atoms with E-state index in [9.17, 15) is 9.90 Å². The molecule has 0 spiro atoms. The number of amides is 1. The molecule has 18 heavy (non-hydrogen) atoms. The quantitative estimate of drug-likeness (QED) is 0.826. The highest BCUT2D eigenvalue weighted by atomic mass is 35.5. The summed E-state index contributed by atoms with van der Waals surface area (Å²) in [5, 5.41) is 12.6. The van der Waals surface area contributed by atoms with Crippen molar-refractivity contribution in [3.8, 4) is 5.75 Å². The van der Waals surface area contributed by atoms with Crippen molar-refractivity contribution in [2.24, 2.45) is 0 Å². The van der Waals surface area contributed by atoms with E-state index < -0.39 is 0 Å². The Labute approximate surface area is 111 Å². The smallest absolute Gasteiger partial charge is 0.211 e. The lowest BCUT2D eigenvalue weighted by atomic mass is 9.95. The summed E-state index contributed by atoms with van der Waals surface area (Å²) >= 11 is 5.87. The molecule has 1 aliphatic rings. The number of anilines is 1. The van der Waals surface area contributed by atoms with Gasteiger partial charge in [0.15, 0.2) is 0 Å². The molecule has 0 bridgehead atoms. The van der Waals surface area contributed by atoms with E-state index in [-0.39, 0.29) is 12.2 Å². The van der Waals surface area contributed by atoms with Gasteiger partial charge in [0.05, 0.1) is 17.9 Å². The summed E-state index contributed by atoms with van der Waals surface area (Å²) in [6.45, 7) is 0. The normalized spacial score (nSPS) is 23.4. The van der Waals surface area contributed by atoms with E-state index in [2.05, 4.69) is 5.32 Å². The standard InChI is InChI=1S/C13H16ClNO3/c14-9-1-6-13(12(7-9)15-8-16)18-11-4-2-10(17)3-5-11/h1,6-8,10-11,17H,2-5H2,(H,15,16)/t10-,11-. The van der Waals surface area contributed by atoms with Crippen LogP contribution in [0.1, 0.15) is 25.7 Å². The lowest BCUT2D eigenvalue weighted by Gasteiger charge is -2.26. The zero-order chi connectivity index (χ0) is 13.0. The lowest BCUT2D eigenvalue weighted by molar-refractivity contribution is -0.105. The number of nitrogens with one attached hydrogen (secondary N) is 1. The zero-order valence-electron chi connectivity index (χ0n) is 9.93. The summed E-state index contributed by atoms with van der Waals surface area (Å²) in [4.78, 5) is 10.5. The van der Waals surface area contributed by atoms with Crippen LogP contribution in [-0.2, 0) is 4.79 Å². The molecule has 5 heteroatoms. The first-order valence-electron chi connectivity index (χ1n) is 6.03. The van der Waals surface area contributed by atoms with Crippen molar-refractivity contribution < 1.29 is 14.6 Å². The maximum atomic E-state index is 10.5. The molecule has 0 aliphatic heterocycles. The van der Waals surface area contributed by atoms with Gasteiger partial charge < -0.3 is 15.2 Å². The van der Waals surface area contributed by atoms with Crippen molar-refractivity contribution >= 4 is 23.7 Å². The molecule has 0 unspecified atom stereocenters. The van der Waals surface area contributed by atoms with Crippen LogP contribution >= 0.6 is 11.6 Å². The topological polar surface area (TPSA) is 58.6 Å². The number of carbonyl (C=O) groups is 1. The predicted octanol–water partition coefficient (Wildman–Crippen LogP) is 2.59. The molecule has 1 aliphatic carbocycles. The summed E-state index contributed by atoms with van der Waals surface area (Å²) in [5.41, 5.74) is 0.573. The van der Waals surface area contributed by atoms with Crippen molar-refractivity contribution in [3.63, 3.8) is 0 Å². The number of hydrogen-bond donors (Lipinski definition) is 2. The molecule has 0 aromatic heterocycles. The van der Waals surface area contributed by atoms with Crippen LogP contribution in [0.4, 0.5) is 5.69 Å². The molecule has 0 radical (unpaired) electrons. The van der Waals surface area contributed by atoms with Crippen LogP contribution in [0.2, 0.25) is 5.02 Å². The fraction of sp³-hybridized carbons (Fsp3) is 0.462. The van der Waals surface area contributed by atoms with E-state index in [0.717, 1.165) is 25.7 Å². The van der Waals surface area contributed by atoms with Crippen LogP contribution < -0.4 is 10.1 Å². The Morgan fingerprint density at radius 3 is 2.72 bits per heavy atom. The maximum Gasteiger partial charge on any atom is 0.211 e. The van der Waals surface area contributed by atoms with Gasteiger partial charge in [-0.25, -0.2) is 0 Å². The number of halogens is 1. The van der Waals surface area contributed by atoms with Crippen molar-refractivity contribution in [3.05, 3.63) is 23.2 Å². The molecule has 0 saturated heterocycles. The lowest BCUT2D eigenvalue weighted by Crippen LogP contribution is -2.26. The number of rotatable bonds is 4. The van der Waals surface area contributed by atoms with E-state index in [1.54, 1.807) is 18.2 Å². The van der Waals surface area contributed by atoms with Gasteiger partial charge in [-0.1, -0.05) is 11.6 Å². The number of aliphatic hydroxyl groups is 1. The monoisotopic (exact) mass is 269 g/mol. The van der Waals surface area contributed by atoms with Gasteiger partial charge in [0, 0.05) is 5.02 Å². The number of ether oxygens (including phenoxy) is 1. The second-order valence-electron chi connectivity index (χ2n) is 4.45. The van der Waals surface area contributed by atoms with E-state index in [4.69, 9.17) is 16.3 Å². The first-order valence-corrected chi connectivity index (χ1v) is 6.41. The Bertz CT molecular complexity index is 417. The minimum absolute atomic E-state index is 0.0850. The van der Waals surface area contributed by atoms with Gasteiger partial charge in [-0.05, 0) is 43.9 Å². The van der Waals surface area contributed by atoms with Gasteiger partial charge in [0.2, 0.25) is 6.41 Å². The Balaban J connectivity index is 2.06. The molecule has 1 saturated carbocycles. The molecule has 0 heterocycles. The summed E-state index contributed by atoms with van der Waals surface area (Å²) in [7, 11) is 0. The molecule has 1 aromatic rings.